The van der Waals surface area contributed by atoms with E-state index in [9.17, 15) is 4.79 Å². The van der Waals surface area contributed by atoms with E-state index >= 15 is 0 Å². The maximum absolute atomic E-state index is 12.9. The number of hydrogen-bond donors (Lipinski definition) is 2. The van der Waals surface area contributed by atoms with Gasteiger partial charge in [-0.2, -0.15) is 0 Å². The fourth-order valence-electron chi connectivity index (χ4n) is 3.72. The molecule has 0 radical (unpaired) electrons. The molecule has 0 atom stereocenters. The molecule has 0 saturated carbocycles. The number of nitrogens with zero attached hydrogens (tertiary/aromatic N) is 3. The molecule has 1 amide bonds. The number of nitrogens with two attached hydrogens (primary N) is 1. The highest BCUT2D eigenvalue weighted by Gasteiger charge is 2.12. The van der Waals surface area contributed by atoms with Gasteiger partial charge in [0.15, 0.2) is 0 Å². The van der Waals surface area contributed by atoms with Crippen molar-refractivity contribution in [3.63, 3.8) is 0 Å². The maximum atomic E-state index is 12.9. The smallest absolute Gasteiger partial charge is 0.255 e. The minimum absolute atomic E-state index is 0.227. The van der Waals surface area contributed by atoms with Gasteiger partial charge in [-0.15, -0.1) is 16.4 Å². The first-order valence-electron chi connectivity index (χ1n) is 11.1. The van der Waals surface area contributed by atoms with Crippen LogP contribution in [0.4, 0.5) is 11.4 Å². The summed E-state index contributed by atoms with van der Waals surface area (Å²) in [5, 5.41) is 14.2. The number of rotatable bonds is 7. The Balaban J connectivity index is 1.25. The summed E-state index contributed by atoms with van der Waals surface area (Å²) >= 11 is 7.88. The lowest BCUT2D eigenvalue weighted by Crippen LogP contribution is -2.13. The number of benzene rings is 3. The van der Waals surface area contributed by atoms with Crippen LogP contribution in [0.15, 0.2) is 90.4 Å². The van der Waals surface area contributed by atoms with E-state index in [0.717, 1.165) is 38.7 Å². The molecule has 0 aliphatic carbocycles. The summed E-state index contributed by atoms with van der Waals surface area (Å²) in [5.74, 6) is -0.227. The molecule has 2 aromatic heterocycles. The number of anilines is 2. The molecule has 3 aromatic carbocycles. The summed E-state index contributed by atoms with van der Waals surface area (Å²) in [5.41, 5.74) is 11.4. The molecule has 3 N–H and O–H groups in total. The zero-order chi connectivity index (χ0) is 24.2. The number of nitrogens with one attached hydrogen (secondary N) is 1. The van der Waals surface area contributed by atoms with Crippen LogP contribution in [-0.2, 0) is 13.0 Å². The molecule has 35 heavy (non-hydrogen) atoms. The van der Waals surface area contributed by atoms with Gasteiger partial charge in [0.2, 0.25) is 0 Å². The summed E-state index contributed by atoms with van der Waals surface area (Å²) in [7, 11) is 0. The monoisotopic (exact) mass is 499 g/mol. The highest BCUT2D eigenvalue weighted by molar-refractivity contribution is 7.13. The summed E-state index contributed by atoms with van der Waals surface area (Å²) in [6.45, 7) is 0.670. The van der Waals surface area contributed by atoms with Crippen LogP contribution < -0.4 is 11.1 Å². The van der Waals surface area contributed by atoms with Crippen molar-refractivity contribution >= 4 is 40.2 Å². The van der Waals surface area contributed by atoms with Crippen LogP contribution in [0.1, 0.15) is 15.9 Å². The summed E-state index contributed by atoms with van der Waals surface area (Å²) < 4.78 is 1.79. The van der Waals surface area contributed by atoms with Crippen molar-refractivity contribution in [2.24, 2.45) is 0 Å². The van der Waals surface area contributed by atoms with Gasteiger partial charge in [-0.1, -0.05) is 59.3 Å². The molecule has 8 heteroatoms. The Bertz CT molecular complexity index is 1460. The van der Waals surface area contributed by atoms with E-state index in [2.05, 4.69) is 15.6 Å². The van der Waals surface area contributed by atoms with Gasteiger partial charge in [0.1, 0.15) is 5.69 Å². The molecule has 5 aromatic rings. The summed E-state index contributed by atoms with van der Waals surface area (Å²) in [6, 6.07) is 24.7. The normalized spacial score (nSPS) is 10.9. The van der Waals surface area contributed by atoms with Gasteiger partial charge in [-0.05, 0) is 59.3 Å². The molecule has 0 unspecified atom stereocenters. The topological polar surface area (TPSA) is 85.8 Å². The van der Waals surface area contributed by atoms with E-state index < -0.39 is 0 Å². The SMILES string of the molecule is Nc1ccc(-c2cccs2)cc1NC(=O)c1ccc(-c2cn(CCc3ccccc3Cl)nn2)cc1. The quantitative estimate of drug-likeness (QED) is 0.253. The zero-order valence-corrected chi connectivity index (χ0v) is 20.3. The third kappa shape index (κ3) is 5.26. The van der Waals surface area contributed by atoms with Gasteiger partial charge in [0, 0.05) is 27.6 Å². The second kappa shape index (κ2) is 10.1. The number of amides is 1. The molecular formula is C27H22ClN5OS. The Labute approximate surface area is 212 Å². The predicted octanol–water partition coefficient (Wildman–Crippen LogP) is 6.40. The van der Waals surface area contributed by atoms with Crippen molar-refractivity contribution in [2.45, 2.75) is 13.0 Å². The van der Waals surface area contributed by atoms with Gasteiger partial charge in [-0.3, -0.25) is 9.48 Å². The molecule has 174 valence electrons. The second-order valence-corrected chi connectivity index (χ2v) is 9.37. The first kappa shape index (κ1) is 22.8. The van der Waals surface area contributed by atoms with E-state index in [0.29, 0.717) is 23.5 Å². The standard InChI is InChI=1S/C27H22ClN5OS/c28-22-5-2-1-4-18(22)13-14-33-17-25(31-32-33)19-7-9-20(10-8-19)27(34)30-24-16-21(11-12-23(24)29)26-6-3-15-35-26/h1-12,15-17H,13-14,29H2,(H,30,34). The number of carbonyl (C=O) groups excluding carboxylic acids is 1. The third-order valence-electron chi connectivity index (χ3n) is 5.66. The van der Waals surface area contributed by atoms with Crippen molar-refractivity contribution in [1.29, 1.82) is 0 Å². The summed E-state index contributed by atoms with van der Waals surface area (Å²) in [6.07, 6.45) is 2.65. The molecule has 5 rings (SSSR count). The minimum atomic E-state index is -0.227. The zero-order valence-electron chi connectivity index (χ0n) is 18.7. The predicted molar refractivity (Wildman–Crippen MR) is 143 cm³/mol. The molecule has 0 spiro atoms. The largest absolute Gasteiger partial charge is 0.397 e. The van der Waals surface area contributed by atoms with E-state index in [1.54, 1.807) is 28.2 Å². The van der Waals surface area contributed by atoms with Crippen molar-refractivity contribution in [3.8, 4) is 21.7 Å². The number of nitrogen functional groups attached to an aromatic ring is 1. The number of hydrogen-bond acceptors (Lipinski definition) is 5. The van der Waals surface area contributed by atoms with Crippen LogP contribution in [0.3, 0.4) is 0 Å². The van der Waals surface area contributed by atoms with Gasteiger partial charge in [0.05, 0.1) is 17.6 Å². The van der Waals surface area contributed by atoms with Gasteiger partial charge in [-0.25, -0.2) is 0 Å². The molecular weight excluding hydrogens is 478 g/mol. The Hall–Kier alpha value is -3.94. The number of aryl methyl sites for hydroxylation is 2. The maximum Gasteiger partial charge on any atom is 0.255 e. The molecule has 0 fully saturated rings. The Morgan fingerprint density at radius 3 is 2.57 bits per heavy atom. The van der Waals surface area contributed by atoms with Gasteiger partial charge >= 0.3 is 0 Å². The van der Waals surface area contributed by atoms with E-state index in [4.69, 9.17) is 17.3 Å². The lowest BCUT2D eigenvalue weighted by Gasteiger charge is -2.10. The molecule has 0 saturated heterocycles. The lowest BCUT2D eigenvalue weighted by molar-refractivity contribution is 0.102. The van der Waals surface area contributed by atoms with Crippen molar-refractivity contribution < 1.29 is 4.79 Å². The van der Waals surface area contributed by atoms with E-state index in [1.807, 2.05) is 78.3 Å². The number of halogens is 1. The van der Waals surface area contributed by atoms with Crippen molar-refractivity contribution in [1.82, 2.24) is 15.0 Å². The molecule has 0 aliphatic heterocycles. The molecule has 6 nitrogen and oxygen atoms in total. The Morgan fingerprint density at radius 2 is 1.80 bits per heavy atom. The van der Waals surface area contributed by atoms with Crippen LogP contribution in [-0.4, -0.2) is 20.9 Å². The van der Waals surface area contributed by atoms with Crippen molar-refractivity contribution in [2.75, 3.05) is 11.1 Å². The molecule has 0 aliphatic rings. The van der Waals surface area contributed by atoms with Crippen LogP contribution in [0, 0.1) is 0 Å². The highest BCUT2D eigenvalue weighted by Crippen LogP contribution is 2.30. The van der Waals surface area contributed by atoms with Gasteiger partial charge in [0.25, 0.3) is 5.91 Å². The fourth-order valence-corrected chi connectivity index (χ4v) is 4.68. The van der Waals surface area contributed by atoms with Crippen LogP contribution in [0.2, 0.25) is 5.02 Å². The van der Waals surface area contributed by atoms with Crippen LogP contribution in [0.5, 0.6) is 0 Å². The lowest BCUT2D eigenvalue weighted by atomic mass is 10.1. The van der Waals surface area contributed by atoms with Gasteiger partial charge < -0.3 is 11.1 Å². The Morgan fingerprint density at radius 1 is 1.00 bits per heavy atom. The number of carbonyl (C=O) groups is 1. The first-order chi connectivity index (χ1) is 17.1. The van der Waals surface area contributed by atoms with Crippen LogP contribution >= 0.6 is 22.9 Å². The average Bonchev–Trinajstić information content (AvgIpc) is 3.58. The Kier molecular flexibility index (Phi) is 6.61. The highest BCUT2D eigenvalue weighted by atomic mass is 35.5. The van der Waals surface area contributed by atoms with E-state index in [1.165, 1.54) is 0 Å². The molecule has 0 bridgehead atoms. The average molecular weight is 500 g/mol. The fraction of sp³-hybridized carbons (Fsp3) is 0.0741. The second-order valence-electron chi connectivity index (χ2n) is 8.02. The first-order valence-corrected chi connectivity index (χ1v) is 12.3. The molecule has 2 heterocycles. The summed E-state index contributed by atoms with van der Waals surface area (Å²) in [4.78, 5) is 14.0. The van der Waals surface area contributed by atoms with Crippen molar-refractivity contribution in [3.05, 3.63) is 107 Å². The van der Waals surface area contributed by atoms with Crippen LogP contribution in [0.25, 0.3) is 21.7 Å². The van der Waals surface area contributed by atoms with E-state index in [-0.39, 0.29) is 5.91 Å². The minimum Gasteiger partial charge on any atom is -0.397 e. The number of aromatic nitrogens is 3. The third-order valence-corrected chi connectivity index (χ3v) is 6.94. The number of thiophene rings is 1.